The van der Waals surface area contributed by atoms with Crippen molar-refractivity contribution in [3.8, 4) is 5.75 Å². The molecule has 1 heterocycles. The molecule has 1 fully saturated rings. The molecular weight excluding hydrogens is 403 g/mol. The van der Waals surface area contributed by atoms with Crippen LogP contribution in [0.15, 0.2) is 42.5 Å². The zero-order valence-corrected chi connectivity index (χ0v) is 16.6. The SMILES string of the molecule is O=C(COc1ccc(Cl)cc1Cl)Nc1ccccc1C(=O)NC[C@@H]1CCCO1. The van der Waals surface area contributed by atoms with Crippen molar-refractivity contribution in [2.45, 2.75) is 18.9 Å². The number of hydrogen-bond acceptors (Lipinski definition) is 4. The molecule has 1 aliphatic rings. The van der Waals surface area contributed by atoms with E-state index in [1.165, 1.54) is 6.07 Å². The number of anilines is 1. The minimum atomic E-state index is -0.412. The van der Waals surface area contributed by atoms with Gasteiger partial charge in [-0.3, -0.25) is 9.59 Å². The first-order valence-electron chi connectivity index (χ1n) is 8.89. The Balaban J connectivity index is 1.57. The van der Waals surface area contributed by atoms with E-state index in [1.54, 1.807) is 36.4 Å². The Bertz CT molecular complexity index is 854. The average Bonchev–Trinajstić information content (AvgIpc) is 3.19. The standard InChI is InChI=1S/C20H20Cl2N2O4/c21-13-7-8-18(16(22)10-13)28-12-19(25)24-17-6-2-1-5-15(17)20(26)23-11-14-4-3-9-27-14/h1-2,5-8,10,14H,3-4,9,11-12H2,(H,23,26)(H,24,25)/t14-/m0/s1. The van der Waals surface area contributed by atoms with Gasteiger partial charge in [0, 0.05) is 18.2 Å². The molecule has 28 heavy (non-hydrogen) atoms. The molecule has 0 unspecified atom stereocenters. The zero-order chi connectivity index (χ0) is 19.9. The van der Waals surface area contributed by atoms with Crippen LogP contribution in [0.25, 0.3) is 0 Å². The van der Waals surface area contributed by atoms with Crippen LogP contribution in [0.2, 0.25) is 10.0 Å². The number of benzene rings is 2. The molecule has 3 rings (SSSR count). The number of carbonyl (C=O) groups is 2. The fourth-order valence-electron chi connectivity index (χ4n) is 2.82. The van der Waals surface area contributed by atoms with Crippen LogP contribution < -0.4 is 15.4 Å². The second kappa shape index (κ2) is 9.78. The Hall–Kier alpha value is -2.28. The summed E-state index contributed by atoms with van der Waals surface area (Å²) in [6.45, 7) is 0.914. The second-order valence-electron chi connectivity index (χ2n) is 6.30. The van der Waals surface area contributed by atoms with E-state index in [9.17, 15) is 9.59 Å². The lowest BCUT2D eigenvalue weighted by Crippen LogP contribution is -2.32. The van der Waals surface area contributed by atoms with Crippen LogP contribution in [0.5, 0.6) is 5.75 Å². The summed E-state index contributed by atoms with van der Waals surface area (Å²) in [5, 5.41) is 6.33. The number of para-hydroxylation sites is 1. The Morgan fingerprint density at radius 1 is 1.18 bits per heavy atom. The maximum atomic E-state index is 12.5. The molecule has 2 aromatic carbocycles. The lowest BCUT2D eigenvalue weighted by Gasteiger charge is -2.14. The highest BCUT2D eigenvalue weighted by Crippen LogP contribution is 2.27. The van der Waals surface area contributed by atoms with E-state index in [4.69, 9.17) is 32.7 Å². The lowest BCUT2D eigenvalue weighted by atomic mass is 10.1. The van der Waals surface area contributed by atoms with Gasteiger partial charge in [-0.05, 0) is 43.2 Å². The summed E-state index contributed by atoms with van der Waals surface area (Å²) in [6, 6.07) is 11.5. The molecule has 1 atom stereocenters. The van der Waals surface area contributed by atoms with Crippen molar-refractivity contribution in [2.75, 3.05) is 25.1 Å². The lowest BCUT2D eigenvalue weighted by molar-refractivity contribution is -0.118. The third-order valence-corrected chi connectivity index (χ3v) is 4.74. The minimum absolute atomic E-state index is 0.0447. The van der Waals surface area contributed by atoms with Crippen molar-refractivity contribution in [1.82, 2.24) is 5.32 Å². The monoisotopic (exact) mass is 422 g/mol. The molecule has 2 amide bonds. The molecule has 0 radical (unpaired) electrons. The van der Waals surface area contributed by atoms with Gasteiger partial charge in [0.15, 0.2) is 6.61 Å². The third-order valence-electron chi connectivity index (χ3n) is 4.21. The highest BCUT2D eigenvalue weighted by Gasteiger charge is 2.18. The zero-order valence-electron chi connectivity index (χ0n) is 15.0. The molecule has 0 aliphatic carbocycles. The fraction of sp³-hybridized carbons (Fsp3) is 0.300. The molecule has 2 N–H and O–H groups in total. The first-order chi connectivity index (χ1) is 13.5. The Morgan fingerprint density at radius 3 is 2.75 bits per heavy atom. The van der Waals surface area contributed by atoms with Gasteiger partial charge in [-0.15, -0.1) is 0 Å². The van der Waals surface area contributed by atoms with Crippen molar-refractivity contribution in [3.63, 3.8) is 0 Å². The first-order valence-corrected chi connectivity index (χ1v) is 9.65. The summed E-state index contributed by atoms with van der Waals surface area (Å²) >= 11 is 11.9. The van der Waals surface area contributed by atoms with Gasteiger partial charge in [-0.25, -0.2) is 0 Å². The Labute approximate surface area is 173 Å². The summed E-state index contributed by atoms with van der Waals surface area (Å²) in [5.41, 5.74) is 0.779. The van der Waals surface area contributed by atoms with E-state index in [1.807, 2.05) is 0 Å². The van der Waals surface area contributed by atoms with Crippen LogP contribution in [0.4, 0.5) is 5.69 Å². The van der Waals surface area contributed by atoms with E-state index >= 15 is 0 Å². The summed E-state index contributed by atoms with van der Waals surface area (Å²) < 4.78 is 10.9. The van der Waals surface area contributed by atoms with Crippen LogP contribution in [0.3, 0.4) is 0 Å². The van der Waals surface area contributed by atoms with Gasteiger partial charge in [0.1, 0.15) is 5.75 Å². The number of halogens is 2. The molecule has 0 aromatic heterocycles. The number of amides is 2. The molecule has 1 saturated heterocycles. The summed E-state index contributed by atoms with van der Waals surface area (Å²) in [7, 11) is 0. The van der Waals surface area contributed by atoms with Gasteiger partial charge < -0.3 is 20.1 Å². The van der Waals surface area contributed by atoms with Gasteiger partial charge in [0.25, 0.3) is 11.8 Å². The van der Waals surface area contributed by atoms with E-state index in [-0.39, 0.29) is 18.6 Å². The summed E-state index contributed by atoms with van der Waals surface area (Å²) in [6.07, 6.45) is 1.98. The molecule has 6 nitrogen and oxygen atoms in total. The van der Waals surface area contributed by atoms with Crippen molar-refractivity contribution >= 4 is 40.7 Å². The van der Waals surface area contributed by atoms with Gasteiger partial charge in [0.2, 0.25) is 0 Å². The fourth-order valence-corrected chi connectivity index (χ4v) is 3.28. The molecule has 0 saturated carbocycles. The molecule has 1 aliphatic heterocycles. The van der Waals surface area contributed by atoms with E-state index in [0.29, 0.717) is 33.6 Å². The van der Waals surface area contributed by atoms with Crippen LogP contribution in [-0.4, -0.2) is 37.7 Å². The number of ether oxygens (including phenoxy) is 2. The molecular formula is C20H20Cl2N2O4. The number of rotatable bonds is 7. The van der Waals surface area contributed by atoms with Crippen LogP contribution in [0.1, 0.15) is 23.2 Å². The maximum absolute atomic E-state index is 12.5. The van der Waals surface area contributed by atoms with E-state index in [2.05, 4.69) is 10.6 Å². The molecule has 0 bridgehead atoms. The van der Waals surface area contributed by atoms with Crippen LogP contribution in [0, 0.1) is 0 Å². The van der Waals surface area contributed by atoms with Crippen molar-refractivity contribution in [2.24, 2.45) is 0 Å². The van der Waals surface area contributed by atoms with Crippen LogP contribution >= 0.6 is 23.2 Å². The molecule has 0 spiro atoms. The third kappa shape index (κ3) is 5.61. The highest BCUT2D eigenvalue weighted by molar-refractivity contribution is 6.35. The highest BCUT2D eigenvalue weighted by atomic mass is 35.5. The van der Waals surface area contributed by atoms with E-state index < -0.39 is 5.91 Å². The molecule has 8 heteroatoms. The summed E-state index contributed by atoms with van der Waals surface area (Å²) in [5.74, 6) is -0.331. The first kappa shape index (κ1) is 20.5. The minimum Gasteiger partial charge on any atom is -0.482 e. The van der Waals surface area contributed by atoms with Crippen molar-refractivity contribution in [3.05, 3.63) is 58.1 Å². The average molecular weight is 423 g/mol. The maximum Gasteiger partial charge on any atom is 0.262 e. The predicted octanol–water partition coefficient (Wildman–Crippen LogP) is 3.92. The van der Waals surface area contributed by atoms with E-state index in [0.717, 1.165) is 19.4 Å². The number of carbonyl (C=O) groups excluding carboxylic acids is 2. The Morgan fingerprint density at radius 2 is 2.00 bits per heavy atom. The quantitative estimate of drug-likeness (QED) is 0.708. The van der Waals surface area contributed by atoms with Gasteiger partial charge in [-0.1, -0.05) is 35.3 Å². The van der Waals surface area contributed by atoms with Gasteiger partial charge in [-0.2, -0.15) is 0 Å². The Kier molecular flexibility index (Phi) is 7.14. The predicted molar refractivity (Wildman–Crippen MR) is 108 cm³/mol. The molecule has 2 aromatic rings. The normalized spacial score (nSPS) is 15.9. The topological polar surface area (TPSA) is 76.7 Å². The number of hydrogen-bond donors (Lipinski definition) is 2. The van der Waals surface area contributed by atoms with Crippen LogP contribution in [-0.2, 0) is 9.53 Å². The number of nitrogens with one attached hydrogen (secondary N) is 2. The van der Waals surface area contributed by atoms with Crippen molar-refractivity contribution < 1.29 is 19.1 Å². The largest absolute Gasteiger partial charge is 0.482 e. The van der Waals surface area contributed by atoms with Gasteiger partial charge in [0.05, 0.1) is 22.4 Å². The second-order valence-corrected chi connectivity index (χ2v) is 7.15. The van der Waals surface area contributed by atoms with Crippen molar-refractivity contribution in [1.29, 1.82) is 0 Å². The van der Waals surface area contributed by atoms with Gasteiger partial charge >= 0.3 is 0 Å². The summed E-state index contributed by atoms with van der Waals surface area (Å²) in [4.78, 5) is 24.7. The smallest absolute Gasteiger partial charge is 0.262 e. The molecule has 148 valence electrons.